The van der Waals surface area contributed by atoms with Gasteiger partial charge in [-0.25, -0.2) is 4.79 Å². The van der Waals surface area contributed by atoms with Gasteiger partial charge in [-0.3, -0.25) is 4.79 Å². The van der Waals surface area contributed by atoms with Crippen LogP contribution in [0, 0.1) is 0 Å². The fourth-order valence-electron chi connectivity index (χ4n) is 3.70. The number of hydrogen-bond donors (Lipinski definition) is 1. The molecule has 0 aliphatic carbocycles. The second kappa shape index (κ2) is 10.4. The number of halogens is 1. The maximum absolute atomic E-state index is 13.1. The summed E-state index contributed by atoms with van der Waals surface area (Å²) in [6, 6.07) is 9.99. The number of ether oxygens (including phenoxy) is 3. The number of nitrogens with zero attached hydrogens (tertiary/aromatic N) is 1. The van der Waals surface area contributed by atoms with Crippen LogP contribution in [0.2, 0.25) is 5.02 Å². The number of benzene rings is 2. The van der Waals surface area contributed by atoms with Crippen LogP contribution in [-0.2, 0) is 16.0 Å². The largest absolute Gasteiger partial charge is 0.490 e. The van der Waals surface area contributed by atoms with Crippen molar-refractivity contribution < 1.29 is 23.8 Å². The molecule has 2 aromatic rings. The number of urea groups is 1. The van der Waals surface area contributed by atoms with Crippen LogP contribution in [-0.4, -0.2) is 43.8 Å². The summed E-state index contributed by atoms with van der Waals surface area (Å²) in [7, 11) is 1.34. The van der Waals surface area contributed by atoms with E-state index in [1.165, 1.54) is 7.11 Å². The Morgan fingerprint density at radius 3 is 2.45 bits per heavy atom. The molecule has 0 radical (unpaired) electrons. The summed E-state index contributed by atoms with van der Waals surface area (Å²) >= 11 is 6.20. The Hall–Kier alpha value is -2.93. The number of carbonyl (C=O) groups is 2. The molecule has 31 heavy (non-hydrogen) atoms. The summed E-state index contributed by atoms with van der Waals surface area (Å²) in [5, 5.41) is 3.29. The Kier molecular flexibility index (Phi) is 7.63. The highest BCUT2D eigenvalue weighted by Crippen LogP contribution is 2.40. The predicted molar refractivity (Wildman–Crippen MR) is 119 cm³/mol. The third-order valence-electron chi connectivity index (χ3n) is 5.13. The van der Waals surface area contributed by atoms with Crippen molar-refractivity contribution in [2.24, 2.45) is 0 Å². The second-order valence-corrected chi connectivity index (χ2v) is 7.42. The quantitative estimate of drug-likeness (QED) is 0.616. The lowest BCUT2D eigenvalue weighted by atomic mass is 9.90. The van der Waals surface area contributed by atoms with Gasteiger partial charge < -0.3 is 24.4 Å². The average Bonchev–Trinajstić information content (AvgIpc) is 2.76. The van der Waals surface area contributed by atoms with Gasteiger partial charge in [0.05, 0.1) is 43.5 Å². The SMILES string of the molecule is CCOc1cc2c(cc1OCC)[C@H](CC(=O)OC)N(C(=O)Nc1ccccc1Cl)CC2. The molecule has 1 heterocycles. The Bertz CT molecular complexity index is 950. The lowest BCUT2D eigenvalue weighted by molar-refractivity contribution is -0.141. The summed E-state index contributed by atoms with van der Waals surface area (Å²) in [6.07, 6.45) is 0.647. The van der Waals surface area contributed by atoms with Gasteiger partial charge in [0.2, 0.25) is 0 Å². The van der Waals surface area contributed by atoms with Crippen LogP contribution in [0.5, 0.6) is 11.5 Å². The minimum atomic E-state index is -0.506. The standard InChI is InChI=1S/C23H27ClN2O5/c1-4-30-20-12-15-10-11-26(23(28)25-18-9-7-6-8-17(18)24)19(14-22(27)29-3)16(15)13-21(20)31-5-2/h6-9,12-13,19H,4-5,10-11,14H2,1-3H3,(H,25,28)/t19-/m0/s1. The molecule has 1 aliphatic rings. The number of carbonyl (C=O) groups excluding carboxylic acids is 2. The molecule has 1 N–H and O–H groups in total. The molecule has 1 atom stereocenters. The van der Waals surface area contributed by atoms with Crippen molar-refractivity contribution in [1.82, 2.24) is 4.90 Å². The molecule has 0 saturated carbocycles. The first-order valence-electron chi connectivity index (χ1n) is 10.3. The molecule has 166 valence electrons. The van der Waals surface area contributed by atoms with Gasteiger partial charge in [-0.05, 0) is 55.7 Å². The minimum Gasteiger partial charge on any atom is -0.490 e. The van der Waals surface area contributed by atoms with E-state index in [0.29, 0.717) is 48.4 Å². The van der Waals surface area contributed by atoms with E-state index in [9.17, 15) is 9.59 Å². The number of para-hydroxylation sites is 1. The van der Waals surface area contributed by atoms with Gasteiger partial charge in [-0.1, -0.05) is 23.7 Å². The number of rotatable bonds is 7. The molecule has 0 aromatic heterocycles. The molecule has 8 heteroatoms. The van der Waals surface area contributed by atoms with E-state index in [4.69, 9.17) is 25.8 Å². The molecule has 0 unspecified atom stereocenters. The third-order valence-corrected chi connectivity index (χ3v) is 5.46. The van der Waals surface area contributed by atoms with Crippen LogP contribution in [0.4, 0.5) is 10.5 Å². The smallest absolute Gasteiger partial charge is 0.322 e. The van der Waals surface area contributed by atoms with Crippen molar-refractivity contribution in [3.05, 3.63) is 52.5 Å². The van der Waals surface area contributed by atoms with Crippen molar-refractivity contribution in [3.63, 3.8) is 0 Å². The molecule has 0 fully saturated rings. The first-order chi connectivity index (χ1) is 15.0. The second-order valence-electron chi connectivity index (χ2n) is 7.01. The zero-order valence-corrected chi connectivity index (χ0v) is 18.7. The van der Waals surface area contributed by atoms with E-state index in [2.05, 4.69) is 5.32 Å². The number of anilines is 1. The van der Waals surface area contributed by atoms with Crippen LogP contribution >= 0.6 is 11.6 Å². The van der Waals surface area contributed by atoms with Crippen molar-refractivity contribution >= 4 is 29.3 Å². The molecule has 0 spiro atoms. The highest BCUT2D eigenvalue weighted by Gasteiger charge is 2.34. The topological polar surface area (TPSA) is 77.1 Å². The van der Waals surface area contributed by atoms with E-state index in [1.54, 1.807) is 29.2 Å². The van der Waals surface area contributed by atoms with Crippen molar-refractivity contribution in [3.8, 4) is 11.5 Å². The van der Waals surface area contributed by atoms with Crippen molar-refractivity contribution in [2.45, 2.75) is 32.7 Å². The van der Waals surface area contributed by atoms with E-state index >= 15 is 0 Å². The number of fused-ring (bicyclic) bond motifs is 1. The first-order valence-corrected chi connectivity index (χ1v) is 10.7. The zero-order valence-electron chi connectivity index (χ0n) is 17.9. The summed E-state index contributed by atoms with van der Waals surface area (Å²) in [5.41, 5.74) is 2.37. The maximum Gasteiger partial charge on any atom is 0.322 e. The first kappa shape index (κ1) is 22.7. The highest BCUT2D eigenvalue weighted by atomic mass is 35.5. The van der Waals surface area contributed by atoms with E-state index in [1.807, 2.05) is 26.0 Å². The normalized spacial score (nSPS) is 15.1. The van der Waals surface area contributed by atoms with E-state index in [-0.39, 0.29) is 12.5 Å². The van der Waals surface area contributed by atoms with E-state index in [0.717, 1.165) is 11.1 Å². The molecule has 0 saturated heterocycles. The number of nitrogens with one attached hydrogen (secondary N) is 1. The fraction of sp³-hybridized carbons (Fsp3) is 0.391. The van der Waals surface area contributed by atoms with Gasteiger partial charge >= 0.3 is 12.0 Å². The molecule has 3 rings (SSSR count). The monoisotopic (exact) mass is 446 g/mol. The molecular weight excluding hydrogens is 420 g/mol. The van der Waals surface area contributed by atoms with Crippen LogP contribution in [0.3, 0.4) is 0 Å². The Labute approximate surface area is 187 Å². The van der Waals surface area contributed by atoms with Gasteiger partial charge in [0.25, 0.3) is 0 Å². The number of amides is 2. The average molecular weight is 447 g/mol. The summed E-state index contributed by atoms with van der Waals surface area (Å²) in [6.45, 7) is 5.22. The highest BCUT2D eigenvalue weighted by molar-refractivity contribution is 6.33. The maximum atomic E-state index is 13.1. The van der Waals surface area contributed by atoms with Gasteiger partial charge in [0.15, 0.2) is 11.5 Å². The number of methoxy groups -OCH3 is 1. The van der Waals surface area contributed by atoms with Crippen LogP contribution in [0.25, 0.3) is 0 Å². The van der Waals surface area contributed by atoms with Crippen LogP contribution in [0.1, 0.15) is 37.4 Å². The van der Waals surface area contributed by atoms with Crippen LogP contribution in [0.15, 0.2) is 36.4 Å². The lowest BCUT2D eigenvalue weighted by Crippen LogP contribution is -2.43. The number of hydrogen-bond acceptors (Lipinski definition) is 5. The van der Waals surface area contributed by atoms with Crippen molar-refractivity contribution in [1.29, 1.82) is 0 Å². The molecule has 2 amide bonds. The van der Waals surface area contributed by atoms with Gasteiger partial charge in [-0.15, -0.1) is 0 Å². The molecule has 7 nitrogen and oxygen atoms in total. The minimum absolute atomic E-state index is 0.0268. The summed E-state index contributed by atoms with van der Waals surface area (Å²) < 4.78 is 16.4. The van der Waals surface area contributed by atoms with Gasteiger partial charge in [0.1, 0.15) is 0 Å². The van der Waals surface area contributed by atoms with Gasteiger partial charge in [0, 0.05) is 6.54 Å². The Morgan fingerprint density at radius 1 is 1.13 bits per heavy atom. The molecule has 1 aliphatic heterocycles. The Morgan fingerprint density at radius 2 is 1.81 bits per heavy atom. The number of esters is 1. The molecule has 2 aromatic carbocycles. The summed E-state index contributed by atoms with van der Waals surface area (Å²) in [5.74, 6) is 0.848. The predicted octanol–water partition coefficient (Wildman–Crippen LogP) is 4.83. The summed E-state index contributed by atoms with van der Waals surface area (Å²) in [4.78, 5) is 27.0. The molecule has 0 bridgehead atoms. The van der Waals surface area contributed by atoms with Gasteiger partial charge in [-0.2, -0.15) is 0 Å². The lowest BCUT2D eigenvalue weighted by Gasteiger charge is -2.37. The fourth-order valence-corrected chi connectivity index (χ4v) is 3.88. The van der Waals surface area contributed by atoms with Crippen molar-refractivity contribution in [2.75, 3.05) is 32.2 Å². The van der Waals surface area contributed by atoms with E-state index < -0.39 is 12.0 Å². The molecular formula is C23H27ClN2O5. The Balaban J connectivity index is 1.97. The third kappa shape index (κ3) is 5.22. The zero-order chi connectivity index (χ0) is 22.4. The van der Waals surface area contributed by atoms with Crippen LogP contribution < -0.4 is 14.8 Å².